The molecule has 0 bridgehead atoms. The van der Waals surface area contributed by atoms with Crippen LogP contribution in [-0.4, -0.2) is 49.0 Å². The molecule has 1 saturated heterocycles. The highest BCUT2D eigenvalue weighted by atomic mass is 32.2. The van der Waals surface area contributed by atoms with Gasteiger partial charge in [-0.2, -0.15) is 13.2 Å². The van der Waals surface area contributed by atoms with Gasteiger partial charge in [-0.25, -0.2) is 14.8 Å². The van der Waals surface area contributed by atoms with Gasteiger partial charge in [-0.05, 0) is 36.2 Å². The number of thiazole rings is 1. The van der Waals surface area contributed by atoms with E-state index in [2.05, 4.69) is 34.0 Å². The predicted molar refractivity (Wildman–Crippen MR) is 152 cm³/mol. The first-order valence-electron chi connectivity index (χ1n) is 12.6. The summed E-state index contributed by atoms with van der Waals surface area (Å²) < 4.78 is 52.1. The zero-order valence-corrected chi connectivity index (χ0v) is 23.6. The Kier molecular flexibility index (Phi) is 10.3. The van der Waals surface area contributed by atoms with Gasteiger partial charge >= 0.3 is 12.3 Å². The first-order chi connectivity index (χ1) is 19.2. The number of rotatable bonds is 11. The highest BCUT2D eigenvalue weighted by molar-refractivity contribution is 8.00. The van der Waals surface area contributed by atoms with Gasteiger partial charge in [0, 0.05) is 53.9 Å². The number of anilines is 3. The largest absolute Gasteiger partial charge is 0.445 e. The number of aromatic nitrogens is 2. The van der Waals surface area contributed by atoms with Crippen molar-refractivity contribution < 1.29 is 27.4 Å². The zero-order valence-electron chi connectivity index (χ0n) is 21.9. The highest BCUT2D eigenvalue weighted by Crippen LogP contribution is 2.33. The predicted octanol–water partition coefficient (Wildman–Crippen LogP) is 6.59. The van der Waals surface area contributed by atoms with E-state index in [1.165, 1.54) is 17.0 Å². The summed E-state index contributed by atoms with van der Waals surface area (Å²) in [7, 11) is 0. The summed E-state index contributed by atoms with van der Waals surface area (Å²) in [4.78, 5) is 24.5. The number of alkyl halides is 3. The van der Waals surface area contributed by atoms with Crippen LogP contribution in [-0.2, 0) is 34.4 Å². The van der Waals surface area contributed by atoms with E-state index in [0.29, 0.717) is 30.3 Å². The Balaban J connectivity index is 1.54. The van der Waals surface area contributed by atoms with Crippen molar-refractivity contribution in [2.75, 3.05) is 48.4 Å². The van der Waals surface area contributed by atoms with E-state index in [-0.39, 0.29) is 18.8 Å². The normalized spacial score (nSPS) is 13.7. The molecule has 8 nitrogen and oxygen atoms in total. The quantitative estimate of drug-likeness (QED) is 0.190. The average Bonchev–Trinajstić information content (AvgIpc) is 3.42. The summed E-state index contributed by atoms with van der Waals surface area (Å²) in [5, 5.41) is 5.52. The minimum absolute atomic E-state index is 0.0253. The second kappa shape index (κ2) is 13.9. The number of pyridine rings is 1. The van der Waals surface area contributed by atoms with Crippen LogP contribution in [0, 0.1) is 0 Å². The van der Waals surface area contributed by atoms with Crippen molar-refractivity contribution in [3.05, 3.63) is 70.9 Å². The van der Waals surface area contributed by atoms with Gasteiger partial charge in [0.2, 0.25) is 0 Å². The molecule has 214 valence electrons. The molecule has 1 aromatic carbocycles. The number of nitrogens with one attached hydrogen (secondary N) is 2. The molecule has 1 aliphatic rings. The molecule has 0 saturated carbocycles. The summed E-state index contributed by atoms with van der Waals surface area (Å²) in [5.41, 5.74) is 1.19. The second-order valence-corrected chi connectivity index (χ2v) is 11.2. The van der Waals surface area contributed by atoms with Crippen LogP contribution < -0.4 is 15.5 Å². The molecule has 4 rings (SSSR count). The van der Waals surface area contributed by atoms with Crippen LogP contribution in [0.2, 0.25) is 0 Å². The van der Waals surface area contributed by atoms with Gasteiger partial charge < -0.3 is 19.7 Å². The van der Waals surface area contributed by atoms with Crippen molar-refractivity contribution in [2.45, 2.75) is 36.2 Å². The maximum atomic E-state index is 13.6. The number of aryl methyl sites for hydroxylation is 1. The van der Waals surface area contributed by atoms with Gasteiger partial charge in [0.05, 0.1) is 24.5 Å². The van der Waals surface area contributed by atoms with Crippen LogP contribution in [0.15, 0.2) is 53.5 Å². The molecular weight excluding hydrogens is 563 g/mol. The third-order valence-corrected chi connectivity index (χ3v) is 8.17. The molecule has 2 aromatic heterocycles. The molecule has 0 atom stereocenters. The number of nitrogens with zero attached hydrogens (tertiary/aromatic N) is 3. The number of hydrogen-bond acceptors (Lipinski definition) is 9. The third kappa shape index (κ3) is 8.60. The van der Waals surface area contributed by atoms with Gasteiger partial charge in [0.15, 0.2) is 0 Å². The topological polar surface area (TPSA) is 88.6 Å². The van der Waals surface area contributed by atoms with Gasteiger partial charge in [-0.1, -0.05) is 31.3 Å². The van der Waals surface area contributed by atoms with E-state index in [4.69, 9.17) is 14.5 Å². The van der Waals surface area contributed by atoms with E-state index in [0.717, 1.165) is 47.4 Å². The van der Waals surface area contributed by atoms with Crippen molar-refractivity contribution >= 4 is 46.4 Å². The Labute approximate surface area is 239 Å². The lowest BCUT2D eigenvalue weighted by atomic mass is 10.1. The molecule has 1 amide bonds. The standard InChI is InChI=1S/C27H30F3N5O3S2/c1-3-7-38-25(36)34-20-11-18(10-19(12-20)27(28,29)30)15-31-24-14-22(35-5-8-37-9-6-35)13-21(33-24)17-39-26-32-16-23(4-2)40-26/h3,10-14,16H,1,4-9,15,17H2,2H3,(H,31,33)(H,34,36). The van der Waals surface area contributed by atoms with E-state index < -0.39 is 17.8 Å². The fraction of sp³-hybridized carbons (Fsp3) is 0.370. The third-order valence-electron chi connectivity index (χ3n) is 5.84. The van der Waals surface area contributed by atoms with Crippen molar-refractivity contribution in [1.82, 2.24) is 9.97 Å². The first-order valence-corrected chi connectivity index (χ1v) is 14.4. The van der Waals surface area contributed by atoms with Crippen LogP contribution in [0.4, 0.5) is 35.2 Å². The van der Waals surface area contributed by atoms with E-state index in [1.54, 1.807) is 23.1 Å². The Hall–Kier alpha value is -3.29. The zero-order chi connectivity index (χ0) is 28.5. The Morgan fingerprint density at radius 3 is 2.75 bits per heavy atom. The van der Waals surface area contributed by atoms with Crippen LogP contribution >= 0.6 is 23.1 Å². The number of benzene rings is 1. The van der Waals surface area contributed by atoms with Gasteiger partial charge in [-0.15, -0.1) is 11.3 Å². The first kappa shape index (κ1) is 29.7. The summed E-state index contributed by atoms with van der Waals surface area (Å²) in [6, 6.07) is 7.29. The molecule has 13 heteroatoms. The van der Waals surface area contributed by atoms with Gasteiger partial charge in [0.25, 0.3) is 0 Å². The lowest BCUT2D eigenvalue weighted by Gasteiger charge is -2.29. The molecule has 3 aromatic rings. The smallest absolute Gasteiger partial charge is 0.416 e. The summed E-state index contributed by atoms with van der Waals surface area (Å²) in [6.45, 7) is 8.21. The maximum absolute atomic E-state index is 13.6. The van der Waals surface area contributed by atoms with Gasteiger partial charge in [-0.3, -0.25) is 5.32 Å². The molecule has 2 N–H and O–H groups in total. The Morgan fingerprint density at radius 1 is 1.25 bits per heavy atom. The second-order valence-electron chi connectivity index (χ2n) is 8.82. The number of halogens is 3. The van der Waals surface area contributed by atoms with E-state index in [1.807, 2.05) is 18.3 Å². The summed E-state index contributed by atoms with van der Waals surface area (Å²) in [6.07, 6.45) is -1.28. The molecule has 3 heterocycles. The summed E-state index contributed by atoms with van der Waals surface area (Å²) in [5.74, 6) is 1.12. The minimum Gasteiger partial charge on any atom is -0.445 e. The monoisotopic (exact) mass is 593 g/mol. The molecule has 0 unspecified atom stereocenters. The van der Waals surface area contributed by atoms with Crippen molar-refractivity contribution in [2.24, 2.45) is 0 Å². The SMILES string of the molecule is C=CCOC(=O)Nc1cc(CNc2cc(N3CCOCC3)cc(CSc3ncc(CC)s3)n2)cc(C(F)(F)F)c1. The van der Waals surface area contributed by atoms with Crippen molar-refractivity contribution in [3.63, 3.8) is 0 Å². The van der Waals surface area contributed by atoms with Crippen molar-refractivity contribution in [1.29, 1.82) is 0 Å². The molecule has 0 aliphatic carbocycles. The van der Waals surface area contributed by atoms with Crippen LogP contribution in [0.5, 0.6) is 0 Å². The lowest BCUT2D eigenvalue weighted by molar-refractivity contribution is -0.137. The number of carbonyl (C=O) groups is 1. The molecule has 0 spiro atoms. The van der Waals surface area contributed by atoms with Gasteiger partial charge in [0.1, 0.15) is 16.8 Å². The number of ether oxygens (including phenoxy) is 2. The Morgan fingerprint density at radius 2 is 2.05 bits per heavy atom. The van der Waals surface area contributed by atoms with Crippen LogP contribution in [0.3, 0.4) is 0 Å². The molecule has 0 radical (unpaired) electrons. The maximum Gasteiger partial charge on any atom is 0.416 e. The minimum atomic E-state index is -4.59. The van der Waals surface area contributed by atoms with E-state index in [9.17, 15) is 18.0 Å². The number of carbonyl (C=O) groups excluding carboxylic acids is 1. The van der Waals surface area contributed by atoms with Crippen LogP contribution in [0.25, 0.3) is 0 Å². The highest BCUT2D eigenvalue weighted by Gasteiger charge is 2.31. The fourth-order valence-electron chi connectivity index (χ4n) is 3.91. The molecule has 1 fully saturated rings. The average molecular weight is 594 g/mol. The number of hydrogen-bond donors (Lipinski definition) is 2. The van der Waals surface area contributed by atoms with E-state index >= 15 is 0 Å². The molecular formula is C27H30F3N5O3S2. The molecule has 1 aliphatic heterocycles. The fourth-order valence-corrected chi connectivity index (χ4v) is 5.77. The number of morpholine rings is 1. The summed E-state index contributed by atoms with van der Waals surface area (Å²) >= 11 is 3.25. The van der Waals surface area contributed by atoms with Crippen molar-refractivity contribution in [3.8, 4) is 0 Å². The molecule has 40 heavy (non-hydrogen) atoms. The number of thioether (sulfide) groups is 1. The van der Waals surface area contributed by atoms with Crippen LogP contribution in [0.1, 0.15) is 28.6 Å². The number of amides is 1. The Bertz CT molecular complexity index is 1310. The lowest BCUT2D eigenvalue weighted by Crippen LogP contribution is -2.36.